The monoisotopic (exact) mass is 216 g/mol. The molecular formula is C10H10Cl2O. The van der Waals surface area contributed by atoms with Gasteiger partial charge in [-0.25, -0.2) is 0 Å². The smallest absolute Gasteiger partial charge is 0.138 e. The lowest BCUT2D eigenvalue weighted by molar-refractivity contribution is -0.107. The van der Waals surface area contributed by atoms with Crippen molar-refractivity contribution < 1.29 is 4.79 Å². The van der Waals surface area contributed by atoms with Crippen molar-refractivity contribution in [1.29, 1.82) is 0 Å². The van der Waals surface area contributed by atoms with E-state index in [-0.39, 0.29) is 0 Å². The Labute approximate surface area is 87.7 Å². The van der Waals surface area contributed by atoms with Gasteiger partial charge in [-0.3, -0.25) is 0 Å². The van der Waals surface area contributed by atoms with Gasteiger partial charge < -0.3 is 4.79 Å². The van der Waals surface area contributed by atoms with Crippen LogP contribution in [0.4, 0.5) is 0 Å². The molecule has 0 N–H and O–H groups in total. The number of benzene rings is 1. The van der Waals surface area contributed by atoms with Gasteiger partial charge >= 0.3 is 0 Å². The van der Waals surface area contributed by atoms with Crippen LogP contribution in [-0.2, 0) is 11.2 Å². The van der Waals surface area contributed by atoms with Crippen molar-refractivity contribution >= 4 is 29.5 Å². The molecule has 1 unspecified atom stereocenters. The third-order valence-electron chi connectivity index (χ3n) is 1.76. The molecule has 0 fully saturated rings. The molecule has 0 spiro atoms. The number of aldehydes is 1. The van der Waals surface area contributed by atoms with E-state index in [2.05, 4.69) is 0 Å². The van der Waals surface area contributed by atoms with Crippen molar-refractivity contribution in [1.82, 2.24) is 0 Å². The van der Waals surface area contributed by atoms with Gasteiger partial charge in [0.25, 0.3) is 0 Å². The van der Waals surface area contributed by atoms with E-state index in [1.54, 1.807) is 0 Å². The molecule has 13 heavy (non-hydrogen) atoms. The number of halogens is 2. The van der Waals surface area contributed by atoms with Crippen LogP contribution in [0.25, 0.3) is 0 Å². The fraction of sp³-hybridized carbons (Fsp3) is 0.300. The van der Waals surface area contributed by atoms with Crippen LogP contribution in [-0.4, -0.2) is 11.7 Å². The van der Waals surface area contributed by atoms with E-state index in [0.717, 1.165) is 17.4 Å². The van der Waals surface area contributed by atoms with E-state index in [0.29, 0.717) is 11.4 Å². The average Bonchev–Trinajstić information content (AvgIpc) is 2.11. The van der Waals surface area contributed by atoms with Crippen LogP contribution in [0.1, 0.15) is 11.1 Å². The van der Waals surface area contributed by atoms with Gasteiger partial charge in [0, 0.05) is 5.02 Å². The molecular weight excluding hydrogens is 207 g/mol. The zero-order valence-corrected chi connectivity index (χ0v) is 8.77. The third-order valence-corrected chi connectivity index (χ3v) is 2.39. The molecule has 0 aliphatic heterocycles. The SMILES string of the molecule is Cc1ccc(Cl)c(CC(Cl)C=O)c1. The Morgan fingerprint density at radius 2 is 2.23 bits per heavy atom. The first kappa shape index (κ1) is 10.6. The molecule has 0 saturated carbocycles. The highest BCUT2D eigenvalue weighted by Crippen LogP contribution is 2.19. The summed E-state index contributed by atoms with van der Waals surface area (Å²) in [5.74, 6) is 0. The van der Waals surface area contributed by atoms with Crippen LogP contribution in [0, 0.1) is 6.92 Å². The summed E-state index contributed by atoms with van der Waals surface area (Å²) in [7, 11) is 0. The molecule has 0 aliphatic carbocycles. The van der Waals surface area contributed by atoms with Gasteiger partial charge in [-0.2, -0.15) is 0 Å². The second-order valence-electron chi connectivity index (χ2n) is 2.95. The summed E-state index contributed by atoms with van der Waals surface area (Å²) in [5.41, 5.74) is 2.04. The largest absolute Gasteiger partial charge is 0.302 e. The molecule has 1 atom stereocenters. The van der Waals surface area contributed by atoms with Crippen molar-refractivity contribution in [2.45, 2.75) is 18.7 Å². The normalized spacial score (nSPS) is 12.5. The average molecular weight is 217 g/mol. The van der Waals surface area contributed by atoms with Gasteiger partial charge in [0.05, 0.1) is 5.38 Å². The lowest BCUT2D eigenvalue weighted by atomic mass is 10.1. The van der Waals surface area contributed by atoms with Gasteiger partial charge in [0.2, 0.25) is 0 Å². The highest BCUT2D eigenvalue weighted by Gasteiger charge is 2.07. The summed E-state index contributed by atoms with van der Waals surface area (Å²) in [6.07, 6.45) is 1.21. The Bertz CT molecular complexity index is 310. The van der Waals surface area contributed by atoms with Gasteiger partial charge in [0.15, 0.2) is 0 Å². The van der Waals surface area contributed by atoms with Crippen molar-refractivity contribution in [3.63, 3.8) is 0 Å². The molecule has 1 nitrogen and oxygen atoms in total. The highest BCUT2D eigenvalue weighted by molar-refractivity contribution is 6.32. The number of alkyl halides is 1. The summed E-state index contributed by atoms with van der Waals surface area (Å²) in [6.45, 7) is 1.98. The maximum absolute atomic E-state index is 10.3. The minimum Gasteiger partial charge on any atom is -0.302 e. The maximum Gasteiger partial charge on any atom is 0.138 e. The van der Waals surface area contributed by atoms with Crippen LogP contribution >= 0.6 is 23.2 Å². The number of carbonyl (C=O) groups excluding carboxylic acids is 1. The zero-order chi connectivity index (χ0) is 9.84. The Morgan fingerprint density at radius 3 is 2.85 bits per heavy atom. The van der Waals surface area contributed by atoms with E-state index >= 15 is 0 Å². The number of hydrogen-bond acceptors (Lipinski definition) is 1. The highest BCUT2D eigenvalue weighted by atomic mass is 35.5. The first-order valence-corrected chi connectivity index (χ1v) is 4.79. The van der Waals surface area contributed by atoms with Crippen molar-refractivity contribution in [2.75, 3.05) is 0 Å². The molecule has 0 amide bonds. The minimum atomic E-state index is -0.487. The van der Waals surface area contributed by atoms with E-state index in [1.165, 1.54) is 0 Å². The standard InChI is InChI=1S/C10H10Cl2O/c1-7-2-3-10(12)8(4-7)5-9(11)6-13/h2-4,6,9H,5H2,1H3. The topological polar surface area (TPSA) is 17.1 Å². The van der Waals surface area contributed by atoms with Crippen LogP contribution in [0.2, 0.25) is 5.02 Å². The fourth-order valence-corrected chi connectivity index (χ4v) is 1.48. The molecule has 0 saturated heterocycles. The zero-order valence-electron chi connectivity index (χ0n) is 7.26. The molecule has 0 bridgehead atoms. The fourth-order valence-electron chi connectivity index (χ4n) is 1.12. The van der Waals surface area contributed by atoms with Gasteiger partial charge in [-0.15, -0.1) is 11.6 Å². The van der Waals surface area contributed by atoms with E-state index < -0.39 is 5.38 Å². The van der Waals surface area contributed by atoms with E-state index in [4.69, 9.17) is 23.2 Å². The Kier molecular flexibility index (Phi) is 3.76. The number of carbonyl (C=O) groups is 1. The lowest BCUT2D eigenvalue weighted by Crippen LogP contribution is -2.04. The van der Waals surface area contributed by atoms with Gasteiger partial charge in [0.1, 0.15) is 6.29 Å². The van der Waals surface area contributed by atoms with Crippen LogP contribution in [0.3, 0.4) is 0 Å². The molecule has 1 rings (SSSR count). The number of rotatable bonds is 3. The van der Waals surface area contributed by atoms with Crippen LogP contribution < -0.4 is 0 Å². The van der Waals surface area contributed by atoms with Crippen LogP contribution in [0.5, 0.6) is 0 Å². The van der Waals surface area contributed by atoms with Crippen molar-refractivity contribution in [3.8, 4) is 0 Å². The third kappa shape index (κ3) is 3.02. The Morgan fingerprint density at radius 1 is 1.54 bits per heavy atom. The first-order chi connectivity index (χ1) is 6.13. The molecule has 0 heterocycles. The van der Waals surface area contributed by atoms with E-state index in [1.807, 2.05) is 25.1 Å². The van der Waals surface area contributed by atoms with Gasteiger partial charge in [-0.05, 0) is 25.0 Å². The molecule has 1 aromatic carbocycles. The van der Waals surface area contributed by atoms with Gasteiger partial charge in [-0.1, -0.05) is 29.3 Å². The van der Waals surface area contributed by atoms with Crippen molar-refractivity contribution in [3.05, 3.63) is 34.3 Å². The second-order valence-corrected chi connectivity index (χ2v) is 3.92. The predicted octanol–water partition coefficient (Wildman–Crippen LogP) is 3.00. The Hall–Kier alpha value is -0.530. The summed E-state index contributed by atoms with van der Waals surface area (Å²) >= 11 is 11.6. The molecule has 0 aliphatic rings. The number of aryl methyl sites for hydroxylation is 1. The summed E-state index contributed by atoms with van der Waals surface area (Å²) in [6, 6.07) is 5.69. The molecule has 3 heteroatoms. The molecule has 70 valence electrons. The minimum absolute atomic E-state index is 0.487. The first-order valence-electron chi connectivity index (χ1n) is 3.98. The molecule has 1 aromatic rings. The quantitative estimate of drug-likeness (QED) is 0.561. The lowest BCUT2D eigenvalue weighted by Gasteiger charge is -2.05. The van der Waals surface area contributed by atoms with Crippen LogP contribution in [0.15, 0.2) is 18.2 Å². The summed E-state index contributed by atoms with van der Waals surface area (Å²) in [5, 5.41) is 0.178. The predicted molar refractivity (Wildman–Crippen MR) is 55.6 cm³/mol. The molecule has 0 radical (unpaired) electrons. The summed E-state index contributed by atoms with van der Waals surface area (Å²) in [4.78, 5) is 10.3. The number of hydrogen-bond donors (Lipinski definition) is 0. The maximum atomic E-state index is 10.3. The van der Waals surface area contributed by atoms with E-state index in [9.17, 15) is 4.79 Å². The van der Waals surface area contributed by atoms with Crippen molar-refractivity contribution in [2.24, 2.45) is 0 Å². The second kappa shape index (κ2) is 4.64. The molecule has 0 aromatic heterocycles. The Balaban J connectivity index is 2.86. The summed E-state index contributed by atoms with van der Waals surface area (Å²) < 4.78 is 0.